The highest BCUT2D eigenvalue weighted by molar-refractivity contribution is 5.83. The van der Waals surface area contributed by atoms with E-state index >= 15 is 0 Å². The molecule has 0 radical (unpaired) electrons. The van der Waals surface area contributed by atoms with Gasteiger partial charge in [0.2, 0.25) is 5.91 Å². The van der Waals surface area contributed by atoms with E-state index in [1.54, 1.807) is 0 Å². The smallest absolute Gasteiger partial charge is 0.407 e. The van der Waals surface area contributed by atoms with Crippen LogP contribution in [0.15, 0.2) is 48.5 Å². The van der Waals surface area contributed by atoms with Crippen LogP contribution < -0.4 is 10.6 Å². The molecule has 2 amide bonds. The first-order valence-corrected chi connectivity index (χ1v) is 12.3. The van der Waals surface area contributed by atoms with Crippen LogP contribution in [-0.4, -0.2) is 42.3 Å². The Morgan fingerprint density at radius 3 is 2.17 bits per heavy atom. The molecule has 1 aliphatic rings. The molecule has 0 saturated carbocycles. The van der Waals surface area contributed by atoms with Crippen LogP contribution in [0.1, 0.15) is 69.9 Å². The lowest BCUT2D eigenvalue weighted by Gasteiger charge is -2.25. The maximum atomic E-state index is 12.4. The van der Waals surface area contributed by atoms with Gasteiger partial charge in [0.25, 0.3) is 0 Å². The van der Waals surface area contributed by atoms with E-state index in [4.69, 9.17) is 4.74 Å². The number of ether oxygens (including phenoxy) is 1. The fraction of sp³-hybridized carbons (Fsp3) is 0.464. The topological polar surface area (TPSA) is 105 Å². The molecule has 0 saturated heterocycles. The Morgan fingerprint density at radius 1 is 1.00 bits per heavy atom. The van der Waals surface area contributed by atoms with Crippen LogP contribution in [-0.2, 0) is 14.3 Å². The lowest BCUT2D eigenvalue weighted by atomic mass is 9.84. The van der Waals surface area contributed by atoms with E-state index in [0.29, 0.717) is 32.2 Å². The normalized spacial score (nSPS) is 13.5. The third-order valence-corrected chi connectivity index (χ3v) is 6.65. The summed E-state index contributed by atoms with van der Waals surface area (Å²) < 4.78 is 5.57. The highest BCUT2D eigenvalue weighted by atomic mass is 16.5. The molecular weight excluding hydrogens is 444 g/mol. The van der Waals surface area contributed by atoms with Crippen molar-refractivity contribution in [1.82, 2.24) is 10.6 Å². The van der Waals surface area contributed by atoms with E-state index in [9.17, 15) is 19.5 Å². The number of benzene rings is 2. The van der Waals surface area contributed by atoms with E-state index < -0.39 is 18.1 Å². The number of carboxylic acid groups (broad SMARTS) is 1. The molecule has 0 heterocycles. The van der Waals surface area contributed by atoms with Gasteiger partial charge in [0.05, 0.1) is 0 Å². The molecule has 3 rings (SSSR count). The van der Waals surface area contributed by atoms with Crippen LogP contribution in [0.2, 0.25) is 0 Å². The largest absolute Gasteiger partial charge is 0.480 e. The molecule has 0 aliphatic heterocycles. The highest BCUT2D eigenvalue weighted by Gasteiger charge is 2.29. The van der Waals surface area contributed by atoms with E-state index in [1.807, 2.05) is 45.0 Å². The van der Waals surface area contributed by atoms with Gasteiger partial charge in [-0.1, -0.05) is 75.7 Å². The molecule has 7 heteroatoms. The zero-order valence-corrected chi connectivity index (χ0v) is 20.8. The number of amides is 2. The average molecular weight is 481 g/mol. The Kier molecular flexibility index (Phi) is 8.90. The first kappa shape index (κ1) is 26.3. The molecule has 0 aromatic heterocycles. The molecule has 3 N–H and O–H groups in total. The van der Waals surface area contributed by atoms with Crippen LogP contribution >= 0.6 is 0 Å². The molecule has 0 spiro atoms. The number of fused-ring (bicyclic) bond motifs is 3. The van der Waals surface area contributed by atoms with Gasteiger partial charge in [-0.05, 0) is 46.9 Å². The molecule has 1 atom stereocenters. The Hall–Kier alpha value is -3.35. The second-order valence-electron chi connectivity index (χ2n) is 9.91. The molecule has 2 aromatic rings. The van der Waals surface area contributed by atoms with Crippen molar-refractivity contribution in [2.45, 2.75) is 64.8 Å². The van der Waals surface area contributed by atoms with Crippen molar-refractivity contribution in [3.8, 4) is 11.1 Å². The van der Waals surface area contributed by atoms with Gasteiger partial charge in [-0.3, -0.25) is 4.79 Å². The Balaban J connectivity index is 1.42. The fourth-order valence-corrected chi connectivity index (χ4v) is 4.54. The summed E-state index contributed by atoms with van der Waals surface area (Å²) in [4.78, 5) is 35.8. The summed E-state index contributed by atoms with van der Waals surface area (Å²) in [6.07, 6.45) is 2.14. The summed E-state index contributed by atoms with van der Waals surface area (Å²) >= 11 is 0. The molecule has 1 aliphatic carbocycles. The summed E-state index contributed by atoms with van der Waals surface area (Å²) in [5.41, 5.74) is 4.52. The highest BCUT2D eigenvalue weighted by Crippen LogP contribution is 2.44. The molecule has 188 valence electrons. The Morgan fingerprint density at radius 2 is 1.60 bits per heavy atom. The molecule has 35 heavy (non-hydrogen) atoms. The second kappa shape index (κ2) is 11.9. The van der Waals surface area contributed by atoms with Crippen LogP contribution in [0.4, 0.5) is 4.79 Å². The van der Waals surface area contributed by atoms with E-state index in [-0.39, 0.29) is 30.3 Å². The predicted molar refractivity (Wildman–Crippen MR) is 135 cm³/mol. The van der Waals surface area contributed by atoms with Crippen molar-refractivity contribution in [3.05, 3.63) is 59.7 Å². The SMILES string of the molecule is CCCC(NC(=O)CCC(C)(C)CCNC(=O)OCC1c2ccccc2-c2ccccc21)C(=O)O. The molecular formula is C28H36N2O5. The summed E-state index contributed by atoms with van der Waals surface area (Å²) in [5, 5.41) is 14.6. The van der Waals surface area contributed by atoms with Gasteiger partial charge in [0, 0.05) is 18.9 Å². The van der Waals surface area contributed by atoms with Crippen molar-refractivity contribution in [2.75, 3.05) is 13.2 Å². The van der Waals surface area contributed by atoms with E-state index in [1.165, 1.54) is 22.3 Å². The monoisotopic (exact) mass is 480 g/mol. The average Bonchev–Trinajstić information content (AvgIpc) is 3.15. The number of carboxylic acids is 1. The van der Waals surface area contributed by atoms with Gasteiger partial charge in [-0.15, -0.1) is 0 Å². The van der Waals surface area contributed by atoms with Gasteiger partial charge in [-0.25, -0.2) is 9.59 Å². The number of aliphatic carboxylic acids is 1. The van der Waals surface area contributed by atoms with Crippen LogP contribution in [0, 0.1) is 5.41 Å². The third kappa shape index (κ3) is 7.07. The van der Waals surface area contributed by atoms with E-state index in [0.717, 1.165) is 0 Å². The number of alkyl carbamates (subject to hydrolysis) is 1. The molecule has 1 unspecified atom stereocenters. The maximum Gasteiger partial charge on any atom is 0.407 e. The number of nitrogens with one attached hydrogen (secondary N) is 2. The molecule has 0 fully saturated rings. The van der Waals surface area contributed by atoms with Crippen molar-refractivity contribution in [2.24, 2.45) is 5.41 Å². The summed E-state index contributed by atoms with van der Waals surface area (Å²) in [6.45, 7) is 6.64. The predicted octanol–water partition coefficient (Wildman–Crippen LogP) is 5.09. The zero-order valence-electron chi connectivity index (χ0n) is 20.8. The van der Waals surface area contributed by atoms with E-state index in [2.05, 4.69) is 34.9 Å². The Labute approximate surface area is 207 Å². The molecule has 0 bridgehead atoms. The van der Waals surface area contributed by atoms with Gasteiger partial charge in [0.15, 0.2) is 0 Å². The first-order valence-electron chi connectivity index (χ1n) is 12.3. The van der Waals surface area contributed by atoms with Crippen molar-refractivity contribution in [3.63, 3.8) is 0 Å². The zero-order chi connectivity index (χ0) is 25.4. The number of carbonyl (C=O) groups is 3. The summed E-state index contributed by atoms with van der Waals surface area (Å²) in [6, 6.07) is 15.6. The minimum absolute atomic E-state index is 0.0189. The van der Waals surface area contributed by atoms with Crippen molar-refractivity contribution >= 4 is 18.0 Å². The lowest BCUT2D eigenvalue weighted by molar-refractivity contribution is -0.142. The maximum absolute atomic E-state index is 12.4. The van der Waals surface area contributed by atoms with Gasteiger partial charge < -0.3 is 20.5 Å². The van der Waals surface area contributed by atoms with Gasteiger partial charge in [0.1, 0.15) is 12.6 Å². The van der Waals surface area contributed by atoms with Crippen LogP contribution in [0.25, 0.3) is 11.1 Å². The molecule has 2 aromatic carbocycles. The van der Waals surface area contributed by atoms with Crippen LogP contribution in [0.3, 0.4) is 0 Å². The van der Waals surface area contributed by atoms with Crippen LogP contribution in [0.5, 0.6) is 0 Å². The third-order valence-electron chi connectivity index (χ3n) is 6.65. The second-order valence-corrected chi connectivity index (χ2v) is 9.91. The number of hydrogen-bond acceptors (Lipinski definition) is 4. The first-order chi connectivity index (χ1) is 16.7. The number of rotatable bonds is 12. The minimum Gasteiger partial charge on any atom is -0.480 e. The van der Waals surface area contributed by atoms with Gasteiger partial charge in [-0.2, -0.15) is 0 Å². The summed E-state index contributed by atoms with van der Waals surface area (Å²) in [7, 11) is 0. The molecule has 7 nitrogen and oxygen atoms in total. The Bertz CT molecular complexity index is 1000. The van der Waals surface area contributed by atoms with Crippen molar-refractivity contribution < 1.29 is 24.2 Å². The minimum atomic E-state index is -1.01. The number of carbonyl (C=O) groups excluding carboxylic acids is 2. The number of hydrogen-bond donors (Lipinski definition) is 3. The quantitative estimate of drug-likeness (QED) is 0.392. The standard InChI is InChI=1S/C28H36N2O5/c1-4-9-24(26(32)33)30-25(31)14-15-28(2,3)16-17-29-27(34)35-18-23-21-12-7-5-10-19(21)20-11-6-8-13-22(20)23/h5-8,10-13,23-24H,4,9,14-18H2,1-3H3,(H,29,34)(H,30,31)(H,32,33). The van der Waals surface area contributed by atoms with Crippen molar-refractivity contribution in [1.29, 1.82) is 0 Å². The lowest BCUT2D eigenvalue weighted by Crippen LogP contribution is -2.41. The fourth-order valence-electron chi connectivity index (χ4n) is 4.54. The summed E-state index contributed by atoms with van der Waals surface area (Å²) in [5.74, 6) is -1.25. The van der Waals surface area contributed by atoms with Gasteiger partial charge >= 0.3 is 12.1 Å².